The van der Waals surface area contributed by atoms with Gasteiger partial charge in [-0.1, -0.05) is 18.2 Å². The van der Waals surface area contributed by atoms with E-state index in [0.29, 0.717) is 5.75 Å². The molecule has 15 heavy (non-hydrogen) atoms. The molecule has 2 N–H and O–H groups in total. The van der Waals surface area contributed by atoms with E-state index in [1.165, 1.54) is 16.7 Å². The number of ether oxygens (including phenoxy) is 1. The molecule has 4 heteroatoms. The Morgan fingerprint density at radius 2 is 1.53 bits per heavy atom. The summed E-state index contributed by atoms with van der Waals surface area (Å²) in [5.74, 6) is 0.636. The van der Waals surface area contributed by atoms with Crippen molar-refractivity contribution in [2.45, 2.75) is 6.73 Å². The fourth-order valence-electron chi connectivity index (χ4n) is 1.23. The number of aromatic hydroxyl groups is 2. The number of benzene rings is 1. The normalized spacial score (nSPS) is 10.1. The van der Waals surface area contributed by atoms with Crippen LogP contribution in [0.4, 0.5) is 0 Å². The minimum absolute atomic E-state index is 0.0246. The number of nitrogens with zero attached hydrogens (tertiary/aromatic N) is 1. The molecule has 1 aromatic heterocycles. The van der Waals surface area contributed by atoms with Gasteiger partial charge in [0.1, 0.15) is 5.75 Å². The molecule has 0 aliphatic heterocycles. The molecule has 0 radical (unpaired) electrons. The van der Waals surface area contributed by atoms with Crippen LogP contribution >= 0.6 is 0 Å². The largest absolute Gasteiger partial charge is 0.494 e. The van der Waals surface area contributed by atoms with Crippen LogP contribution in [0.2, 0.25) is 0 Å². The lowest BCUT2D eigenvalue weighted by atomic mass is 10.3. The second-order valence-electron chi connectivity index (χ2n) is 3.06. The van der Waals surface area contributed by atoms with Gasteiger partial charge in [0, 0.05) is 12.1 Å². The molecule has 0 atom stereocenters. The first-order chi connectivity index (χ1) is 7.27. The zero-order chi connectivity index (χ0) is 10.7. The molecule has 2 rings (SSSR count). The van der Waals surface area contributed by atoms with Gasteiger partial charge >= 0.3 is 0 Å². The van der Waals surface area contributed by atoms with Gasteiger partial charge in [-0.15, -0.1) is 0 Å². The monoisotopic (exact) mass is 205 g/mol. The molecule has 0 saturated carbocycles. The lowest BCUT2D eigenvalue weighted by Crippen LogP contribution is -2.03. The molecule has 1 heterocycles. The van der Waals surface area contributed by atoms with Gasteiger partial charge in [0.25, 0.3) is 0 Å². The minimum Gasteiger partial charge on any atom is -0.494 e. The predicted molar refractivity (Wildman–Crippen MR) is 54.8 cm³/mol. The van der Waals surface area contributed by atoms with Crippen molar-refractivity contribution in [2.75, 3.05) is 0 Å². The highest BCUT2D eigenvalue weighted by Gasteiger charge is 2.05. The van der Waals surface area contributed by atoms with E-state index >= 15 is 0 Å². The maximum absolute atomic E-state index is 9.33. The smallest absolute Gasteiger partial charge is 0.196 e. The van der Waals surface area contributed by atoms with Crippen LogP contribution in [0.1, 0.15) is 0 Å². The first-order valence-corrected chi connectivity index (χ1v) is 4.52. The van der Waals surface area contributed by atoms with Crippen LogP contribution in [-0.4, -0.2) is 14.8 Å². The van der Waals surface area contributed by atoms with E-state index < -0.39 is 0 Å². The van der Waals surface area contributed by atoms with Crippen LogP contribution in [0.5, 0.6) is 17.5 Å². The summed E-state index contributed by atoms with van der Waals surface area (Å²) < 4.78 is 6.61. The van der Waals surface area contributed by atoms with E-state index in [0.717, 1.165) is 0 Å². The van der Waals surface area contributed by atoms with Crippen LogP contribution in [0, 0.1) is 0 Å². The second-order valence-corrected chi connectivity index (χ2v) is 3.06. The van der Waals surface area contributed by atoms with Gasteiger partial charge in [-0.2, -0.15) is 0 Å². The van der Waals surface area contributed by atoms with Crippen molar-refractivity contribution >= 4 is 0 Å². The highest BCUT2D eigenvalue weighted by Crippen LogP contribution is 2.21. The van der Waals surface area contributed by atoms with Crippen LogP contribution in [0.25, 0.3) is 0 Å². The quantitative estimate of drug-likeness (QED) is 0.805. The third-order valence-corrected chi connectivity index (χ3v) is 2.04. The standard InChI is InChI=1S/C11H11NO3/c13-10-6-7-11(14)12(10)8-15-9-4-2-1-3-5-9/h1-7,13-14H,8H2. The van der Waals surface area contributed by atoms with Crippen molar-refractivity contribution in [3.8, 4) is 17.5 Å². The van der Waals surface area contributed by atoms with Gasteiger partial charge < -0.3 is 14.9 Å². The number of aromatic nitrogens is 1. The molecule has 0 saturated heterocycles. The van der Waals surface area contributed by atoms with Crippen molar-refractivity contribution < 1.29 is 14.9 Å². The van der Waals surface area contributed by atoms with E-state index in [4.69, 9.17) is 4.74 Å². The number of rotatable bonds is 3. The Morgan fingerprint density at radius 3 is 2.13 bits per heavy atom. The highest BCUT2D eigenvalue weighted by atomic mass is 16.5. The van der Waals surface area contributed by atoms with E-state index in [1.807, 2.05) is 18.2 Å². The Morgan fingerprint density at radius 1 is 0.933 bits per heavy atom. The summed E-state index contributed by atoms with van der Waals surface area (Å²) in [5, 5.41) is 18.7. The molecule has 2 aromatic rings. The fourth-order valence-corrected chi connectivity index (χ4v) is 1.23. The lowest BCUT2D eigenvalue weighted by Gasteiger charge is -2.08. The first-order valence-electron chi connectivity index (χ1n) is 4.52. The van der Waals surface area contributed by atoms with Crippen LogP contribution in [0.3, 0.4) is 0 Å². The SMILES string of the molecule is Oc1ccc(O)n1COc1ccccc1. The summed E-state index contributed by atoms with van der Waals surface area (Å²) >= 11 is 0. The minimum atomic E-state index is -0.0246. The van der Waals surface area contributed by atoms with Crippen LogP contribution in [0.15, 0.2) is 42.5 Å². The second kappa shape index (κ2) is 3.96. The summed E-state index contributed by atoms with van der Waals surface area (Å²) in [5.41, 5.74) is 0. The summed E-state index contributed by atoms with van der Waals surface area (Å²) in [7, 11) is 0. The van der Waals surface area contributed by atoms with Gasteiger partial charge in [-0.3, -0.25) is 0 Å². The Balaban J connectivity index is 2.05. The molecular formula is C11H11NO3. The van der Waals surface area contributed by atoms with Gasteiger partial charge in [-0.25, -0.2) is 4.57 Å². The van der Waals surface area contributed by atoms with Gasteiger partial charge in [0.05, 0.1) is 0 Å². The summed E-state index contributed by atoms with van der Waals surface area (Å²) in [4.78, 5) is 0. The van der Waals surface area contributed by atoms with E-state index in [9.17, 15) is 10.2 Å². The Bertz CT molecular complexity index is 417. The van der Waals surface area contributed by atoms with Gasteiger partial charge in [0.15, 0.2) is 18.5 Å². The van der Waals surface area contributed by atoms with Crippen molar-refractivity contribution in [3.05, 3.63) is 42.5 Å². The molecule has 0 spiro atoms. The van der Waals surface area contributed by atoms with E-state index in [1.54, 1.807) is 12.1 Å². The predicted octanol–water partition coefficient (Wildman–Crippen LogP) is 1.94. The van der Waals surface area contributed by atoms with Gasteiger partial charge in [0.2, 0.25) is 0 Å². The molecule has 78 valence electrons. The number of hydrogen-bond acceptors (Lipinski definition) is 3. The summed E-state index contributed by atoms with van der Waals surface area (Å²) in [6, 6.07) is 12.0. The van der Waals surface area contributed by atoms with Crippen LogP contribution < -0.4 is 4.74 Å². The first kappa shape index (κ1) is 9.45. The molecule has 0 bridgehead atoms. The molecule has 1 aromatic carbocycles. The maximum atomic E-state index is 9.33. The molecule has 0 fully saturated rings. The van der Waals surface area contributed by atoms with Crippen molar-refractivity contribution in [1.29, 1.82) is 0 Å². The average Bonchev–Trinajstić information content (AvgIpc) is 2.58. The number of hydrogen-bond donors (Lipinski definition) is 2. The van der Waals surface area contributed by atoms with E-state index in [2.05, 4.69) is 0 Å². The van der Waals surface area contributed by atoms with Crippen LogP contribution in [-0.2, 0) is 6.73 Å². The maximum Gasteiger partial charge on any atom is 0.196 e. The van der Waals surface area contributed by atoms with Crippen molar-refractivity contribution in [3.63, 3.8) is 0 Å². The Hall–Kier alpha value is -2.10. The van der Waals surface area contributed by atoms with Gasteiger partial charge in [-0.05, 0) is 12.1 Å². The topological polar surface area (TPSA) is 54.6 Å². The zero-order valence-electron chi connectivity index (χ0n) is 8.00. The molecular weight excluding hydrogens is 194 g/mol. The molecule has 4 nitrogen and oxygen atoms in total. The molecule has 0 aliphatic rings. The zero-order valence-corrected chi connectivity index (χ0v) is 8.00. The average molecular weight is 205 g/mol. The van der Waals surface area contributed by atoms with E-state index in [-0.39, 0.29) is 18.5 Å². The third-order valence-electron chi connectivity index (χ3n) is 2.04. The molecule has 0 aliphatic carbocycles. The summed E-state index contributed by atoms with van der Waals surface area (Å²) in [6.07, 6.45) is 0. The Kier molecular flexibility index (Phi) is 2.49. The summed E-state index contributed by atoms with van der Waals surface area (Å²) in [6.45, 7) is 0.0781. The third kappa shape index (κ3) is 2.04. The van der Waals surface area contributed by atoms with Crippen molar-refractivity contribution in [1.82, 2.24) is 4.57 Å². The lowest BCUT2D eigenvalue weighted by molar-refractivity contribution is 0.205. The molecule has 0 amide bonds. The fraction of sp³-hybridized carbons (Fsp3) is 0.0909. The number of para-hydroxylation sites is 1. The van der Waals surface area contributed by atoms with Crippen molar-refractivity contribution in [2.24, 2.45) is 0 Å². The molecule has 0 unspecified atom stereocenters. The Labute approximate surface area is 87.0 Å². The highest BCUT2D eigenvalue weighted by molar-refractivity contribution is 5.24.